The first kappa shape index (κ1) is 31.9. The average molecular weight is 491 g/mol. The van der Waals surface area contributed by atoms with Crippen molar-refractivity contribution in [2.24, 2.45) is 11.8 Å². The van der Waals surface area contributed by atoms with Crippen LogP contribution in [0.3, 0.4) is 0 Å². The van der Waals surface area contributed by atoms with E-state index in [2.05, 4.69) is 26.9 Å². The second-order valence-electron chi connectivity index (χ2n) is 9.10. The van der Waals surface area contributed by atoms with E-state index in [0.717, 1.165) is 63.5 Å². The number of carbonyl (C=O) groups excluding carboxylic acids is 1. The third-order valence-electron chi connectivity index (χ3n) is 6.46. The van der Waals surface area contributed by atoms with E-state index in [1.165, 1.54) is 0 Å². The van der Waals surface area contributed by atoms with Gasteiger partial charge in [0.2, 0.25) is 0 Å². The minimum absolute atomic E-state index is 0.193. The number of carbonyl (C=O) groups is 1. The summed E-state index contributed by atoms with van der Waals surface area (Å²) < 4.78 is 23.8. The van der Waals surface area contributed by atoms with E-state index in [9.17, 15) is 4.79 Å². The summed E-state index contributed by atoms with van der Waals surface area (Å²) in [5.41, 5.74) is 0. The molecule has 0 aliphatic rings. The van der Waals surface area contributed by atoms with E-state index in [1.54, 1.807) is 0 Å². The summed E-state index contributed by atoms with van der Waals surface area (Å²) in [6.07, 6.45) is 8.21. The number of unbranched alkanes of at least 4 members (excludes halogenated alkanes) is 2. The van der Waals surface area contributed by atoms with Gasteiger partial charge >= 0.3 is 17.1 Å². The molecule has 0 aromatic carbocycles. The van der Waals surface area contributed by atoms with Crippen LogP contribution in [-0.2, 0) is 22.5 Å². The van der Waals surface area contributed by atoms with Crippen LogP contribution >= 0.6 is 0 Å². The molecule has 0 saturated carbocycles. The van der Waals surface area contributed by atoms with Crippen molar-refractivity contribution >= 4 is 22.9 Å². The minimum atomic E-state index is -2.04. The zero-order valence-corrected chi connectivity index (χ0v) is 24.6. The van der Waals surface area contributed by atoms with E-state index in [1.807, 2.05) is 27.7 Å². The van der Waals surface area contributed by atoms with Gasteiger partial charge in [0.25, 0.3) is 0 Å². The summed E-state index contributed by atoms with van der Waals surface area (Å²) in [5.74, 6) is 0.872. The molecule has 0 heterocycles. The van der Waals surface area contributed by atoms with Gasteiger partial charge in [-0.2, -0.15) is 0 Å². The highest BCUT2D eigenvalue weighted by Crippen LogP contribution is 2.27. The van der Waals surface area contributed by atoms with Gasteiger partial charge in [0.05, 0.1) is 0 Å². The lowest BCUT2D eigenvalue weighted by Crippen LogP contribution is -2.38. The molecule has 2 atom stereocenters. The van der Waals surface area contributed by atoms with Crippen LogP contribution < -0.4 is 0 Å². The second kappa shape index (κ2) is 18.3. The summed E-state index contributed by atoms with van der Waals surface area (Å²) in [7, 11) is -4.08. The lowest BCUT2D eigenvalue weighted by Gasteiger charge is -2.27. The Bertz CT molecular complexity index is 423. The molecule has 0 aliphatic carbocycles. The third kappa shape index (κ3) is 13.0. The highest BCUT2D eigenvalue weighted by atomic mass is 28.4. The van der Waals surface area contributed by atoms with Gasteiger partial charge in [0, 0.05) is 38.3 Å². The smallest absolute Gasteiger partial charge is 0.334 e. The number of hydrogen-bond donors (Lipinski definition) is 0. The fraction of sp³-hybridized carbons (Fsp3) is 0.960. The Balaban J connectivity index is 4.53. The Hall–Kier alpha value is -0.0562. The molecule has 0 radical (unpaired) electrons. The molecule has 0 fully saturated rings. The second-order valence-corrected chi connectivity index (χ2v) is 15.8. The third-order valence-corrected chi connectivity index (χ3v) is 12.6. The fourth-order valence-electron chi connectivity index (χ4n) is 4.70. The molecule has 0 rings (SSSR count). The van der Waals surface area contributed by atoms with Gasteiger partial charge in [0.1, 0.15) is 5.78 Å². The van der Waals surface area contributed by atoms with Gasteiger partial charge in [0.15, 0.2) is 0 Å². The molecule has 192 valence electrons. The average Bonchev–Trinajstić information content (AvgIpc) is 2.74. The van der Waals surface area contributed by atoms with Crippen LogP contribution in [0.25, 0.3) is 0 Å². The largest absolute Gasteiger partial charge is 0.395 e. The molecule has 2 unspecified atom stereocenters. The summed E-state index contributed by atoms with van der Waals surface area (Å²) in [6, 6.07) is 2.03. The lowest BCUT2D eigenvalue weighted by molar-refractivity contribution is -0.127. The number of ketones is 1. The van der Waals surface area contributed by atoms with Crippen LogP contribution in [0.5, 0.6) is 0 Å². The Morgan fingerprint density at radius 2 is 0.906 bits per heavy atom. The van der Waals surface area contributed by atoms with Crippen molar-refractivity contribution in [2.75, 3.05) is 26.4 Å². The van der Waals surface area contributed by atoms with Crippen molar-refractivity contribution < 1.29 is 22.5 Å². The van der Waals surface area contributed by atoms with Gasteiger partial charge in [-0.25, -0.2) is 0 Å². The predicted octanol–water partition coefficient (Wildman–Crippen LogP) is 7.24. The maximum Gasteiger partial charge on any atom is 0.334 e. The number of rotatable bonds is 22. The molecule has 0 amide bonds. The standard InChI is InChI=1S/C25H54O5Si2/c1-9-23(19-15-17-21-31(7,27-11-3)28-12-4)25(26)24(10-2)20-16-18-22-32(8,29-13-5)30-14-6/h23-24H,9-22H2,1-8H3. The SMILES string of the molecule is CCO[Si](C)(CCCCC(CC)C(=O)C(CC)CCCC[Si](C)(OCC)OCC)OCC. The van der Waals surface area contributed by atoms with Crippen molar-refractivity contribution in [1.29, 1.82) is 0 Å². The van der Waals surface area contributed by atoms with Crippen molar-refractivity contribution in [3.63, 3.8) is 0 Å². The normalized spacial score (nSPS) is 14.5. The zero-order chi connectivity index (χ0) is 24.5. The van der Waals surface area contributed by atoms with E-state index < -0.39 is 17.1 Å². The minimum Gasteiger partial charge on any atom is -0.395 e. The molecule has 0 aromatic heterocycles. The topological polar surface area (TPSA) is 54.0 Å². The molecule has 5 nitrogen and oxygen atoms in total. The van der Waals surface area contributed by atoms with Crippen molar-refractivity contribution in [3.8, 4) is 0 Å². The fourth-order valence-corrected chi connectivity index (χ4v) is 9.67. The Labute approximate surface area is 201 Å². The summed E-state index contributed by atoms with van der Waals surface area (Å²) in [5, 5.41) is 0. The predicted molar refractivity (Wildman–Crippen MR) is 140 cm³/mol. The van der Waals surface area contributed by atoms with Gasteiger partial charge < -0.3 is 17.7 Å². The van der Waals surface area contributed by atoms with Crippen LogP contribution in [0.2, 0.25) is 25.2 Å². The van der Waals surface area contributed by atoms with Crippen LogP contribution in [0.4, 0.5) is 0 Å². The highest BCUT2D eigenvalue weighted by molar-refractivity contribution is 6.66. The Morgan fingerprint density at radius 3 is 1.16 bits per heavy atom. The van der Waals surface area contributed by atoms with Gasteiger partial charge in [-0.1, -0.05) is 39.5 Å². The molecular formula is C25H54O5Si2. The van der Waals surface area contributed by atoms with E-state index in [4.69, 9.17) is 17.7 Å². The van der Waals surface area contributed by atoms with E-state index in [-0.39, 0.29) is 11.8 Å². The summed E-state index contributed by atoms with van der Waals surface area (Å²) >= 11 is 0. The molecule has 0 spiro atoms. The monoisotopic (exact) mass is 490 g/mol. The first-order valence-corrected chi connectivity index (χ1v) is 18.4. The van der Waals surface area contributed by atoms with Crippen molar-refractivity contribution in [1.82, 2.24) is 0 Å². The van der Waals surface area contributed by atoms with Crippen molar-refractivity contribution in [3.05, 3.63) is 0 Å². The maximum absolute atomic E-state index is 13.2. The van der Waals surface area contributed by atoms with E-state index >= 15 is 0 Å². The molecule has 0 aliphatic heterocycles. The Kier molecular flexibility index (Phi) is 18.3. The molecule has 0 saturated heterocycles. The highest BCUT2D eigenvalue weighted by Gasteiger charge is 2.32. The quantitative estimate of drug-likeness (QED) is 0.118. The van der Waals surface area contributed by atoms with Crippen LogP contribution in [-0.4, -0.2) is 49.3 Å². The van der Waals surface area contributed by atoms with Crippen LogP contribution in [0.1, 0.15) is 92.9 Å². The van der Waals surface area contributed by atoms with Gasteiger partial charge in [-0.05, 0) is 78.6 Å². The molecule has 0 N–H and O–H groups in total. The molecular weight excluding hydrogens is 436 g/mol. The zero-order valence-electron chi connectivity index (χ0n) is 22.6. The van der Waals surface area contributed by atoms with Gasteiger partial charge in [-0.3, -0.25) is 4.79 Å². The van der Waals surface area contributed by atoms with Crippen molar-refractivity contribution in [2.45, 2.75) is 118 Å². The van der Waals surface area contributed by atoms with Crippen LogP contribution in [0.15, 0.2) is 0 Å². The number of Topliss-reactive ketones (excluding diaryl/α,β-unsaturated/α-hetero) is 1. The van der Waals surface area contributed by atoms with Gasteiger partial charge in [-0.15, -0.1) is 0 Å². The molecule has 0 aromatic rings. The lowest BCUT2D eigenvalue weighted by atomic mass is 9.83. The molecule has 32 heavy (non-hydrogen) atoms. The maximum atomic E-state index is 13.2. The molecule has 0 bridgehead atoms. The first-order chi connectivity index (χ1) is 15.2. The number of hydrogen-bond acceptors (Lipinski definition) is 5. The van der Waals surface area contributed by atoms with Crippen LogP contribution in [0, 0.1) is 11.8 Å². The van der Waals surface area contributed by atoms with E-state index in [0.29, 0.717) is 32.2 Å². The molecule has 7 heteroatoms. The summed E-state index contributed by atoms with van der Waals surface area (Å²) in [6.45, 7) is 19.7. The first-order valence-electron chi connectivity index (χ1n) is 13.3. The Morgan fingerprint density at radius 1 is 0.594 bits per heavy atom. The summed E-state index contributed by atoms with van der Waals surface area (Å²) in [4.78, 5) is 13.2.